The molecule has 0 bridgehead atoms. The molecule has 0 saturated heterocycles. The number of methoxy groups -OCH3 is 1. The fourth-order valence-electron chi connectivity index (χ4n) is 2.62. The maximum Gasteiger partial charge on any atom is 0.254 e. The van der Waals surface area contributed by atoms with E-state index in [4.69, 9.17) is 9.26 Å². The summed E-state index contributed by atoms with van der Waals surface area (Å²) in [4.78, 5) is 18.9. The Bertz CT molecular complexity index is 932. The smallest absolute Gasteiger partial charge is 0.254 e. The standard InChI is InChI=1S/C21H21N3O3/c1-4-12-24(21(25)17-6-5-7-18(13-17)26-3)14-19-22-20(23-27-19)16-10-8-15(2)9-11-16/h4-11,13H,1,12,14H2,2-3H3. The van der Waals surface area contributed by atoms with Gasteiger partial charge in [0.1, 0.15) is 12.3 Å². The number of aryl methyl sites for hydroxylation is 1. The van der Waals surface area contributed by atoms with E-state index in [0.717, 1.165) is 11.1 Å². The lowest BCUT2D eigenvalue weighted by atomic mass is 10.1. The number of ether oxygens (including phenoxy) is 1. The molecule has 0 atom stereocenters. The van der Waals surface area contributed by atoms with Gasteiger partial charge in [0.05, 0.1) is 7.11 Å². The van der Waals surface area contributed by atoms with Gasteiger partial charge in [-0.15, -0.1) is 6.58 Å². The van der Waals surface area contributed by atoms with Gasteiger partial charge in [0.2, 0.25) is 11.7 Å². The molecule has 6 heteroatoms. The van der Waals surface area contributed by atoms with E-state index in [1.165, 1.54) is 0 Å². The lowest BCUT2D eigenvalue weighted by Crippen LogP contribution is -2.30. The maximum absolute atomic E-state index is 12.9. The van der Waals surface area contributed by atoms with Crippen molar-refractivity contribution in [1.82, 2.24) is 15.0 Å². The van der Waals surface area contributed by atoms with Crippen LogP contribution >= 0.6 is 0 Å². The first-order valence-corrected chi connectivity index (χ1v) is 8.54. The highest BCUT2D eigenvalue weighted by molar-refractivity contribution is 5.94. The average molecular weight is 363 g/mol. The van der Waals surface area contributed by atoms with Crippen LogP contribution in [0.25, 0.3) is 11.4 Å². The highest BCUT2D eigenvalue weighted by Crippen LogP contribution is 2.19. The predicted octanol–water partition coefficient (Wildman–Crippen LogP) is 3.88. The molecule has 0 spiro atoms. The van der Waals surface area contributed by atoms with E-state index in [0.29, 0.717) is 29.6 Å². The molecule has 138 valence electrons. The third-order valence-corrected chi connectivity index (χ3v) is 4.06. The molecule has 0 fully saturated rings. The Labute approximate surface area is 158 Å². The molecular weight excluding hydrogens is 342 g/mol. The van der Waals surface area contributed by atoms with Gasteiger partial charge in [0.25, 0.3) is 5.91 Å². The Morgan fingerprint density at radius 3 is 2.74 bits per heavy atom. The number of nitrogens with zero attached hydrogens (tertiary/aromatic N) is 3. The number of benzene rings is 2. The van der Waals surface area contributed by atoms with Gasteiger partial charge in [-0.25, -0.2) is 0 Å². The largest absolute Gasteiger partial charge is 0.497 e. The van der Waals surface area contributed by atoms with Crippen molar-refractivity contribution in [3.05, 3.63) is 78.2 Å². The summed E-state index contributed by atoms with van der Waals surface area (Å²) in [5.41, 5.74) is 2.54. The van der Waals surface area contributed by atoms with Crippen molar-refractivity contribution in [1.29, 1.82) is 0 Å². The number of hydrogen-bond acceptors (Lipinski definition) is 5. The molecule has 1 heterocycles. The van der Waals surface area contributed by atoms with Crippen LogP contribution in [-0.2, 0) is 6.54 Å². The van der Waals surface area contributed by atoms with Crippen LogP contribution in [-0.4, -0.2) is 34.6 Å². The Kier molecular flexibility index (Phi) is 5.66. The van der Waals surface area contributed by atoms with E-state index in [2.05, 4.69) is 16.7 Å². The minimum Gasteiger partial charge on any atom is -0.497 e. The topological polar surface area (TPSA) is 68.5 Å². The van der Waals surface area contributed by atoms with Crippen LogP contribution in [0.3, 0.4) is 0 Å². The van der Waals surface area contributed by atoms with E-state index >= 15 is 0 Å². The Morgan fingerprint density at radius 2 is 2.04 bits per heavy atom. The molecule has 6 nitrogen and oxygen atoms in total. The number of amides is 1. The zero-order chi connectivity index (χ0) is 19.2. The molecule has 0 N–H and O–H groups in total. The first-order valence-electron chi connectivity index (χ1n) is 8.54. The summed E-state index contributed by atoms with van der Waals surface area (Å²) in [5, 5.41) is 4.02. The van der Waals surface area contributed by atoms with Gasteiger partial charge in [0.15, 0.2) is 0 Å². The van der Waals surface area contributed by atoms with Crippen LogP contribution in [0.2, 0.25) is 0 Å². The van der Waals surface area contributed by atoms with E-state index in [1.807, 2.05) is 31.2 Å². The number of aromatic nitrogens is 2. The van der Waals surface area contributed by atoms with Gasteiger partial charge < -0.3 is 14.2 Å². The monoisotopic (exact) mass is 363 g/mol. The molecule has 0 radical (unpaired) electrons. The zero-order valence-electron chi connectivity index (χ0n) is 15.4. The van der Waals surface area contributed by atoms with Crippen molar-refractivity contribution in [3.8, 4) is 17.1 Å². The molecule has 0 aliphatic rings. The Hall–Kier alpha value is -3.41. The molecule has 3 aromatic rings. The van der Waals surface area contributed by atoms with Gasteiger partial charge in [-0.05, 0) is 25.1 Å². The van der Waals surface area contributed by atoms with E-state index in [-0.39, 0.29) is 12.5 Å². The summed E-state index contributed by atoms with van der Waals surface area (Å²) in [6.45, 7) is 6.30. The molecule has 0 saturated carbocycles. The number of rotatable bonds is 7. The fraction of sp³-hybridized carbons (Fsp3) is 0.190. The molecule has 0 aliphatic heterocycles. The first-order chi connectivity index (χ1) is 13.1. The van der Waals surface area contributed by atoms with Crippen molar-refractivity contribution in [3.63, 3.8) is 0 Å². The number of carbonyl (C=O) groups excluding carboxylic acids is 1. The summed E-state index contributed by atoms with van der Waals surface area (Å²) in [5.74, 6) is 1.32. The lowest BCUT2D eigenvalue weighted by Gasteiger charge is -2.19. The maximum atomic E-state index is 12.9. The average Bonchev–Trinajstić information content (AvgIpc) is 3.16. The molecular formula is C21H21N3O3. The SMILES string of the molecule is C=CCN(Cc1nc(-c2ccc(C)cc2)no1)C(=O)c1cccc(OC)c1. The number of carbonyl (C=O) groups is 1. The molecule has 0 aliphatic carbocycles. The third kappa shape index (κ3) is 4.41. The molecule has 1 aromatic heterocycles. The first kappa shape index (κ1) is 18.4. The predicted molar refractivity (Wildman–Crippen MR) is 102 cm³/mol. The van der Waals surface area contributed by atoms with Crippen LogP contribution in [0.4, 0.5) is 0 Å². The minimum absolute atomic E-state index is 0.163. The summed E-state index contributed by atoms with van der Waals surface area (Å²) in [7, 11) is 1.57. The van der Waals surface area contributed by atoms with Crippen molar-refractivity contribution in [2.75, 3.05) is 13.7 Å². The second-order valence-electron chi connectivity index (χ2n) is 6.08. The van der Waals surface area contributed by atoms with Gasteiger partial charge in [0, 0.05) is 17.7 Å². The quantitative estimate of drug-likeness (QED) is 0.596. The highest BCUT2D eigenvalue weighted by Gasteiger charge is 2.19. The van der Waals surface area contributed by atoms with Crippen molar-refractivity contribution in [2.24, 2.45) is 0 Å². The van der Waals surface area contributed by atoms with E-state index in [9.17, 15) is 4.79 Å². The summed E-state index contributed by atoms with van der Waals surface area (Å²) in [6.07, 6.45) is 1.66. The van der Waals surface area contributed by atoms with Crippen molar-refractivity contribution in [2.45, 2.75) is 13.5 Å². The summed E-state index contributed by atoms with van der Waals surface area (Å²) >= 11 is 0. The van der Waals surface area contributed by atoms with Crippen LogP contribution < -0.4 is 4.74 Å². The molecule has 0 unspecified atom stereocenters. The molecule has 1 amide bonds. The van der Waals surface area contributed by atoms with Crippen LogP contribution in [0.15, 0.2) is 65.7 Å². The zero-order valence-corrected chi connectivity index (χ0v) is 15.4. The minimum atomic E-state index is -0.163. The third-order valence-electron chi connectivity index (χ3n) is 4.06. The van der Waals surface area contributed by atoms with Crippen molar-refractivity contribution < 1.29 is 14.1 Å². The van der Waals surface area contributed by atoms with Gasteiger partial charge in [-0.1, -0.05) is 47.1 Å². The van der Waals surface area contributed by atoms with E-state index < -0.39 is 0 Å². The Morgan fingerprint density at radius 1 is 1.26 bits per heavy atom. The van der Waals surface area contributed by atoms with Crippen molar-refractivity contribution >= 4 is 5.91 Å². The molecule has 2 aromatic carbocycles. The van der Waals surface area contributed by atoms with E-state index in [1.54, 1.807) is 42.4 Å². The molecule has 27 heavy (non-hydrogen) atoms. The normalized spacial score (nSPS) is 10.4. The van der Waals surface area contributed by atoms with Crippen LogP contribution in [0.1, 0.15) is 21.8 Å². The number of hydrogen-bond donors (Lipinski definition) is 0. The summed E-state index contributed by atoms with van der Waals surface area (Å²) in [6, 6.07) is 14.9. The Balaban J connectivity index is 1.79. The second-order valence-corrected chi connectivity index (χ2v) is 6.08. The van der Waals surface area contributed by atoms with Gasteiger partial charge >= 0.3 is 0 Å². The second kappa shape index (κ2) is 8.31. The molecule has 3 rings (SSSR count). The lowest BCUT2D eigenvalue weighted by molar-refractivity contribution is 0.0745. The van der Waals surface area contributed by atoms with Crippen LogP contribution in [0.5, 0.6) is 5.75 Å². The fourth-order valence-corrected chi connectivity index (χ4v) is 2.62. The van der Waals surface area contributed by atoms with Gasteiger partial charge in [-0.3, -0.25) is 4.79 Å². The van der Waals surface area contributed by atoms with Gasteiger partial charge in [-0.2, -0.15) is 4.98 Å². The summed E-state index contributed by atoms with van der Waals surface area (Å²) < 4.78 is 10.5. The van der Waals surface area contributed by atoms with Crippen LogP contribution in [0, 0.1) is 6.92 Å². The highest BCUT2D eigenvalue weighted by atomic mass is 16.5.